The lowest BCUT2D eigenvalue weighted by Crippen LogP contribution is -2.09. The monoisotopic (exact) mass is 358 g/mol. The van der Waals surface area contributed by atoms with Crippen LogP contribution >= 0.6 is 0 Å². The van der Waals surface area contributed by atoms with E-state index in [-0.39, 0.29) is 0 Å². The Kier molecular flexibility index (Phi) is 5.06. The third kappa shape index (κ3) is 3.95. The third-order valence-corrected chi connectivity index (χ3v) is 4.54. The fourth-order valence-corrected chi connectivity index (χ4v) is 3.08. The van der Waals surface area contributed by atoms with Gasteiger partial charge in [0.15, 0.2) is 0 Å². The van der Waals surface area contributed by atoms with Gasteiger partial charge in [0.1, 0.15) is 23.9 Å². The molecule has 0 bridgehead atoms. The van der Waals surface area contributed by atoms with E-state index in [1.165, 1.54) is 5.56 Å². The van der Waals surface area contributed by atoms with Gasteiger partial charge in [-0.2, -0.15) is 0 Å². The van der Waals surface area contributed by atoms with Crippen LogP contribution in [0.1, 0.15) is 24.1 Å². The van der Waals surface area contributed by atoms with Crippen molar-refractivity contribution in [2.75, 3.05) is 6.61 Å². The molecule has 0 aliphatic heterocycles. The molecule has 4 nitrogen and oxygen atoms in total. The first kappa shape index (κ1) is 17.2. The Labute approximate surface area is 158 Å². The van der Waals surface area contributed by atoms with Gasteiger partial charge < -0.3 is 13.7 Å². The van der Waals surface area contributed by atoms with E-state index in [0.717, 1.165) is 34.8 Å². The molecule has 0 N–H and O–H groups in total. The lowest BCUT2D eigenvalue weighted by atomic mass is 10.2. The lowest BCUT2D eigenvalue weighted by Gasteiger charge is -2.10. The van der Waals surface area contributed by atoms with Crippen LogP contribution in [-0.2, 0) is 13.0 Å². The summed E-state index contributed by atoms with van der Waals surface area (Å²) >= 11 is 0. The van der Waals surface area contributed by atoms with Crippen LogP contribution in [0.4, 0.5) is 0 Å². The Morgan fingerprint density at radius 2 is 1.85 bits per heavy atom. The van der Waals surface area contributed by atoms with Crippen LogP contribution in [0.5, 0.6) is 5.75 Å². The first-order valence-electron chi connectivity index (χ1n) is 9.22. The molecule has 4 rings (SSSR count). The van der Waals surface area contributed by atoms with Crippen molar-refractivity contribution in [1.29, 1.82) is 0 Å². The summed E-state index contributed by atoms with van der Waals surface area (Å²) in [7, 11) is 0. The maximum absolute atomic E-state index is 5.94. The summed E-state index contributed by atoms with van der Waals surface area (Å²) in [5.74, 6) is 2.59. The highest BCUT2D eigenvalue weighted by molar-refractivity contribution is 5.79. The van der Waals surface area contributed by atoms with Crippen molar-refractivity contribution in [2.45, 2.75) is 19.9 Å². The minimum absolute atomic E-state index is 0.577. The largest absolute Gasteiger partial charge is 0.492 e. The summed E-state index contributed by atoms with van der Waals surface area (Å²) in [6, 6.07) is 20.2. The van der Waals surface area contributed by atoms with Gasteiger partial charge in [-0.25, -0.2) is 4.98 Å². The van der Waals surface area contributed by atoms with Crippen LogP contribution in [0.15, 0.2) is 71.3 Å². The number of aromatic nitrogens is 2. The van der Waals surface area contributed by atoms with Gasteiger partial charge in [-0.1, -0.05) is 31.2 Å². The zero-order chi connectivity index (χ0) is 18.5. The minimum atomic E-state index is 0.577. The topological polar surface area (TPSA) is 40.2 Å². The van der Waals surface area contributed by atoms with Crippen LogP contribution < -0.4 is 4.74 Å². The van der Waals surface area contributed by atoms with E-state index in [1.54, 1.807) is 6.26 Å². The van der Waals surface area contributed by atoms with E-state index in [1.807, 2.05) is 54.6 Å². The predicted molar refractivity (Wildman–Crippen MR) is 109 cm³/mol. The smallest absolute Gasteiger partial charge is 0.134 e. The van der Waals surface area contributed by atoms with E-state index in [9.17, 15) is 0 Å². The number of fused-ring (bicyclic) bond motifs is 1. The molecule has 0 radical (unpaired) electrons. The molecule has 0 unspecified atom stereocenters. The van der Waals surface area contributed by atoms with E-state index in [0.29, 0.717) is 13.2 Å². The standard InChI is InChI=1S/C23H22N2O2/c1-2-18-9-11-20(12-10-18)27-17-15-25-22-8-4-3-7-21(22)24-23(25)14-13-19-6-5-16-26-19/h3-14,16H,2,15,17H2,1H3/b14-13+. The van der Waals surface area contributed by atoms with Crippen molar-refractivity contribution in [1.82, 2.24) is 9.55 Å². The molecule has 27 heavy (non-hydrogen) atoms. The summed E-state index contributed by atoms with van der Waals surface area (Å²) in [6.45, 7) is 3.44. The van der Waals surface area contributed by atoms with Gasteiger partial charge in [-0.15, -0.1) is 0 Å². The molecule has 0 atom stereocenters. The zero-order valence-electron chi connectivity index (χ0n) is 15.3. The number of benzene rings is 2. The van der Waals surface area contributed by atoms with Crippen molar-refractivity contribution in [2.24, 2.45) is 0 Å². The molecule has 0 saturated carbocycles. The number of ether oxygens (including phenoxy) is 1. The number of nitrogens with zero attached hydrogens (tertiary/aromatic N) is 2. The Morgan fingerprint density at radius 3 is 2.63 bits per heavy atom. The molecule has 4 heteroatoms. The average molecular weight is 358 g/mol. The molecule has 4 aromatic rings. The van der Waals surface area contributed by atoms with E-state index < -0.39 is 0 Å². The van der Waals surface area contributed by atoms with Gasteiger partial charge in [0.05, 0.1) is 23.8 Å². The summed E-state index contributed by atoms with van der Waals surface area (Å²) in [5, 5.41) is 0. The lowest BCUT2D eigenvalue weighted by molar-refractivity contribution is 0.299. The van der Waals surface area contributed by atoms with Crippen molar-refractivity contribution < 1.29 is 9.15 Å². The fourth-order valence-electron chi connectivity index (χ4n) is 3.08. The second-order valence-corrected chi connectivity index (χ2v) is 6.31. The molecule has 0 spiro atoms. The fraction of sp³-hybridized carbons (Fsp3) is 0.174. The number of aryl methyl sites for hydroxylation is 1. The summed E-state index contributed by atoms with van der Waals surface area (Å²) in [5.41, 5.74) is 3.39. The van der Waals surface area contributed by atoms with Gasteiger partial charge in [0, 0.05) is 0 Å². The van der Waals surface area contributed by atoms with Crippen LogP contribution in [0.3, 0.4) is 0 Å². The zero-order valence-corrected chi connectivity index (χ0v) is 15.3. The molecule has 0 fully saturated rings. The molecule has 136 valence electrons. The molecular formula is C23H22N2O2. The second-order valence-electron chi connectivity index (χ2n) is 6.31. The molecular weight excluding hydrogens is 336 g/mol. The SMILES string of the molecule is CCc1ccc(OCCn2c(/C=C/c3ccco3)nc3ccccc32)cc1. The van der Waals surface area contributed by atoms with Crippen LogP contribution in [0.2, 0.25) is 0 Å². The Balaban J connectivity index is 1.53. The molecule has 0 aliphatic carbocycles. The van der Waals surface area contributed by atoms with Crippen molar-refractivity contribution in [3.8, 4) is 5.75 Å². The summed E-state index contributed by atoms with van der Waals surface area (Å²) in [4.78, 5) is 4.74. The normalized spacial score (nSPS) is 11.4. The maximum Gasteiger partial charge on any atom is 0.134 e. The van der Waals surface area contributed by atoms with Gasteiger partial charge in [0.25, 0.3) is 0 Å². The highest BCUT2D eigenvalue weighted by Crippen LogP contribution is 2.19. The molecule has 0 amide bonds. The molecule has 0 aliphatic rings. The maximum atomic E-state index is 5.94. The van der Waals surface area contributed by atoms with Crippen LogP contribution in [0, 0.1) is 0 Å². The van der Waals surface area contributed by atoms with Gasteiger partial charge in [-0.3, -0.25) is 0 Å². The number of furan rings is 1. The molecule has 2 aromatic heterocycles. The van der Waals surface area contributed by atoms with Crippen molar-refractivity contribution >= 4 is 23.2 Å². The van der Waals surface area contributed by atoms with Crippen molar-refractivity contribution in [3.63, 3.8) is 0 Å². The Bertz CT molecular complexity index is 1030. The van der Waals surface area contributed by atoms with E-state index in [2.05, 4.69) is 29.7 Å². The second kappa shape index (κ2) is 7.96. The first-order valence-corrected chi connectivity index (χ1v) is 9.22. The summed E-state index contributed by atoms with van der Waals surface area (Å²) < 4.78 is 13.5. The highest BCUT2D eigenvalue weighted by atomic mass is 16.5. The molecule has 0 saturated heterocycles. The first-order chi connectivity index (χ1) is 13.3. The average Bonchev–Trinajstić information content (AvgIpc) is 3.35. The number of imidazole rings is 1. The highest BCUT2D eigenvalue weighted by Gasteiger charge is 2.08. The van der Waals surface area contributed by atoms with Gasteiger partial charge in [-0.05, 0) is 60.5 Å². The number of para-hydroxylation sites is 2. The molecule has 2 heterocycles. The van der Waals surface area contributed by atoms with E-state index in [4.69, 9.17) is 14.1 Å². The van der Waals surface area contributed by atoms with Crippen LogP contribution in [0.25, 0.3) is 23.2 Å². The third-order valence-electron chi connectivity index (χ3n) is 4.54. The minimum Gasteiger partial charge on any atom is -0.492 e. The summed E-state index contributed by atoms with van der Waals surface area (Å²) in [6.07, 6.45) is 6.61. The number of hydrogen-bond acceptors (Lipinski definition) is 3. The quantitative estimate of drug-likeness (QED) is 0.441. The van der Waals surface area contributed by atoms with Crippen molar-refractivity contribution in [3.05, 3.63) is 84.1 Å². The number of hydrogen-bond donors (Lipinski definition) is 0. The van der Waals surface area contributed by atoms with E-state index >= 15 is 0 Å². The number of rotatable bonds is 7. The Hall–Kier alpha value is -3.27. The van der Waals surface area contributed by atoms with Gasteiger partial charge in [0.2, 0.25) is 0 Å². The molecule has 2 aromatic carbocycles. The Morgan fingerprint density at radius 1 is 1.00 bits per heavy atom. The predicted octanol–water partition coefficient (Wildman–Crippen LogP) is 5.44. The van der Waals surface area contributed by atoms with Gasteiger partial charge >= 0.3 is 0 Å². The van der Waals surface area contributed by atoms with Crippen LogP contribution in [-0.4, -0.2) is 16.2 Å².